The fourth-order valence-electron chi connectivity index (χ4n) is 6.13. The van der Waals surface area contributed by atoms with Crippen LogP contribution >= 0.6 is 0 Å². The van der Waals surface area contributed by atoms with Crippen LogP contribution in [0.2, 0.25) is 0 Å². The molecular formula is C24H40N2O6. The zero-order valence-corrected chi connectivity index (χ0v) is 20.0. The molecule has 0 radical (unpaired) electrons. The van der Waals surface area contributed by atoms with Crippen LogP contribution in [0.25, 0.3) is 0 Å². The van der Waals surface area contributed by atoms with Crippen molar-refractivity contribution in [1.29, 1.82) is 0 Å². The second-order valence-corrected chi connectivity index (χ2v) is 9.85. The maximum Gasteiger partial charge on any atom is 0.312 e. The van der Waals surface area contributed by atoms with Gasteiger partial charge in [-0.05, 0) is 52.9 Å². The number of unbranched alkanes of at least 4 members (excludes halogenated alkanes) is 3. The molecule has 1 spiro atoms. The summed E-state index contributed by atoms with van der Waals surface area (Å²) < 4.78 is 11.9. The van der Waals surface area contributed by atoms with Gasteiger partial charge < -0.3 is 24.8 Å². The first-order chi connectivity index (χ1) is 15.3. The summed E-state index contributed by atoms with van der Waals surface area (Å²) >= 11 is 0. The summed E-state index contributed by atoms with van der Waals surface area (Å²) in [7, 11) is 0. The molecule has 0 aliphatic carbocycles. The monoisotopic (exact) mass is 452 g/mol. The minimum absolute atomic E-state index is 0.000463. The second kappa shape index (κ2) is 10.1. The van der Waals surface area contributed by atoms with E-state index in [0.717, 1.165) is 38.5 Å². The number of nitrogens with zero attached hydrogens (tertiary/aromatic N) is 1. The summed E-state index contributed by atoms with van der Waals surface area (Å²) in [5.41, 5.74) is -1.77. The van der Waals surface area contributed by atoms with E-state index in [9.17, 15) is 14.4 Å². The average molecular weight is 453 g/mol. The summed E-state index contributed by atoms with van der Waals surface area (Å²) in [5.74, 6) is -2.14. The van der Waals surface area contributed by atoms with Crippen LogP contribution in [0.3, 0.4) is 0 Å². The van der Waals surface area contributed by atoms with Crippen molar-refractivity contribution in [3.8, 4) is 0 Å². The number of hydrogen-bond acceptors (Lipinski definition) is 6. The quantitative estimate of drug-likeness (QED) is 0.347. The summed E-state index contributed by atoms with van der Waals surface area (Å²) in [6, 6.07) is -0.738. The molecule has 3 saturated heterocycles. The van der Waals surface area contributed by atoms with Gasteiger partial charge in [-0.25, -0.2) is 0 Å². The average Bonchev–Trinajstić information content (AvgIpc) is 3.29. The summed E-state index contributed by atoms with van der Waals surface area (Å²) in [6.07, 6.45) is 6.21. The number of carbonyl (C=O) groups excluding carboxylic acids is 3. The third kappa shape index (κ3) is 4.28. The van der Waals surface area contributed by atoms with Crippen molar-refractivity contribution < 1.29 is 29.0 Å². The zero-order chi connectivity index (χ0) is 23.5. The maximum absolute atomic E-state index is 13.7. The Morgan fingerprint density at radius 1 is 1.25 bits per heavy atom. The third-order valence-electron chi connectivity index (χ3n) is 7.48. The predicted molar refractivity (Wildman–Crippen MR) is 119 cm³/mol. The molecule has 182 valence electrons. The number of hydrogen-bond donors (Lipinski definition) is 2. The maximum atomic E-state index is 13.7. The van der Waals surface area contributed by atoms with E-state index in [1.54, 1.807) is 11.8 Å². The Kier molecular flexibility index (Phi) is 7.86. The number of aliphatic hydroxyl groups is 1. The number of aliphatic hydroxyl groups excluding tert-OH is 1. The van der Waals surface area contributed by atoms with Crippen LogP contribution in [0.5, 0.6) is 0 Å². The lowest BCUT2D eigenvalue weighted by atomic mass is 9.66. The first-order valence-electron chi connectivity index (χ1n) is 12.3. The van der Waals surface area contributed by atoms with Crippen molar-refractivity contribution in [2.75, 3.05) is 19.8 Å². The van der Waals surface area contributed by atoms with E-state index in [1.807, 2.05) is 13.8 Å². The van der Waals surface area contributed by atoms with E-state index >= 15 is 0 Å². The number of carbonyl (C=O) groups is 3. The van der Waals surface area contributed by atoms with Crippen LogP contribution in [0.1, 0.15) is 79.1 Å². The highest BCUT2D eigenvalue weighted by Crippen LogP contribution is 2.63. The second-order valence-electron chi connectivity index (χ2n) is 9.85. The largest absolute Gasteiger partial charge is 0.466 e. The molecule has 2 amide bonds. The lowest BCUT2D eigenvalue weighted by Crippen LogP contribution is -2.56. The lowest BCUT2D eigenvalue weighted by molar-refractivity contribution is -0.159. The highest BCUT2D eigenvalue weighted by molar-refractivity contribution is 5.98. The Morgan fingerprint density at radius 2 is 1.97 bits per heavy atom. The number of likely N-dealkylation sites (tertiary alicyclic amines) is 1. The van der Waals surface area contributed by atoms with Crippen LogP contribution < -0.4 is 5.32 Å². The van der Waals surface area contributed by atoms with E-state index in [-0.39, 0.29) is 31.1 Å². The Labute approximate surface area is 191 Å². The molecule has 0 aromatic carbocycles. The first kappa shape index (κ1) is 25.0. The number of fused-ring (bicyclic) bond motifs is 1. The number of rotatable bonds is 12. The minimum Gasteiger partial charge on any atom is -0.466 e. The van der Waals surface area contributed by atoms with Gasteiger partial charge >= 0.3 is 5.97 Å². The molecule has 0 aromatic heterocycles. The van der Waals surface area contributed by atoms with Crippen molar-refractivity contribution in [2.24, 2.45) is 11.8 Å². The molecule has 3 rings (SSSR count). The van der Waals surface area contributed by atoms with E-state index in [0.29, 0.717) is 19.4 Å². The van der Waals surface area contributed by atoms with Crippen LogP contribution in [0.15, 0.2) is 0 Å². The summed E-state index contributed by atoms with van der Waals surface area (Å²) in [6.45, 7) is 8.52. The van der Waals surface area contributed by atoms with E-state index in [1.165, 1.54) is 0 Å². The molecular weight excluding hydrogens is 412 g/mol. The van der Waals surface area contributed by atoms with Gasteiger partial charge in [0.15, 0.2) is 0 Å². The van der Waals surface area contributed by atoms with Gasteiger partial charge in [0, 0.05) is 19.2 Å². The Hall–Kier alpha value is -1.67. The first-order valence-corrected chi connectivity index (χ1v) is 12.3. The summed E-state index contributed by atoms with van der Waals surface area (Å²) in [5, 5.41) is 12.1. The van der Waals surface area contributed by atoms with Crippen LogP contribution in [-0.2, 0) is 23.9 Å². The SMILES string of the molecule is CCCC(C)NC(=O)C1N(CCCCCCO)C(=O)[C@@H]2[C@@H](C(=O)OCC)[C@@]3(C)CCC12O3. The fourth-order valence-corrected chi connectivity index (χ4v) is 6.13. The highest BCUT2D eigenvalue weighted by Gasteiger charge is 2.78. The predicted octanol–water partition coefficient (Wildman–Crippen LogP) is 2.17. The van der Waals surface area contributed by atoms with Crippen molar-refractivity contribution in [1.82, 2.24) is 10.2 Å². The molecule has 3 unspecified atom stereocenters. The van der Waals surface area contributed by atoms with Crippen molar-refractivity contribution in [3.63, 3.8) is 0 Å². The molecule has 8 heteroatoms. The number of nitrogens with one attached hydrogen (secondary N) is 1. The molecule has 3 fully saturated rings. The molecule has 2 bridgehead atoms. The Bertz CT molecular complexity index is 715. The van der Waals surface area contributed by atoms with Crippen molar-refractivity contribution >= 4 is 17.8 Å². The van der Waals surface area contributed by atoms with Gasteiger partial charge in [-0.3, -0.25) is 14.4 Å². The van der Waals surface area contributed by atoms with Crippen LogP contribution in [0.4, 0.5) is 0 Å². The third-order valence-corrected chi connectivity index (χ3v) is 7.48. The van der Waals surface area contributed by atoms with Gasteiger partial charge in [-0.1, -0.05) is 26.2 Å². The van der Waals surface area contributed by atoms with Crippen molar-refractivity contribution in [2.45, 2.75) is 102 Å². The number of ether oxygens (including phenoxy) is 2. The normalized spacial score (nSPS) is 34.0. The zero-order valence-electron chi connectivity index (χ0n) is 20.0. The van der Waals surface area contributed by atoms with Crippen LogP contribution in [0, 0.1) is 11.8 Å². The van der Waals surface area contributed by atoms with Gasteiger partial charge in [0.25, 0.3) is 0 Å². The Balaban J connectivity index is 1.89. The molecule has 3 heterocycles. The van der Waals surface area contributed by atoms with Gasteiger partial charge in [0.2, 0.25) is 11.8 Å². The Morgan fingerprint density at radius 3 is 2.62 bits per heavy atom. The van der Waals surface area contributed by atoms with Crippen LogP contribution in [-0.4, -0.2) is 70.8 Å². The molecule has 3 aliphatic heterocycles. The molecule has 32 heavy (non-hydrogen) atoms. The smallest absolute Gasteiger partial charge is 0.312 e. The van der Waals surface area contributed by atoms with Gasteiger partial charge in [0.1, 0.15) is 17.6 Å². The molecule has 2 N–H and O–H groups in total. The van der Waals surface area contributed by atoms with Gasteiger partial charge in [0.05, 0.1) is 18.1 Å². The fraction of sp³-hybridized carbons (Fsp3) is 0.875. The molecule has 0 saturated carbocycles. The van der Waals surface area contributed by atoms with E-state index in [2.05, 4.69) is 12.2 Å². The molecule has 8 nitrogen and oxygen atoms in total. The van der Waals surface area contributed by atoms with E-state index < -0.39 is 35.0 Å². The number of esters is 1. The highest BCUT2D eigenvalue weighted by atomic mass is 16.6. The van der Waals surface area contributed by atoms with Gasteiger partial charge in [-0.15, -0.1) is 0 Å². The molecule has 3 aliphatic rings. The molecule has 6 atom stereocenters. The number of amides is 2. The molecule has 0 aromatic rings. The van der Waals surface area contributed by atoms with Gasteiger partial charge in [-0.2, -0.15) is 0 Å². The minimum atomic E-state index is -0.982. The van der Waals surface area contributed by atoms with E-state index in [4.69, 9.17) is 14.6 Å². The summed E-state index contributed by atoms with van der Waals surface area (Å²) in [4.78, 5) is 41.8. The lowest BCUT2D eigenvalue weighted by Gasteiger charge is -2.34. The standard InChI is InChI=1S/C24H40N2O6/c1-5-11-16(3)25-20(28)19-24-13-12-23(4,32-24)18(22(30)31-6-2)17(24)21(29)26(19)14-9-7-8-10-15-27/h16-19,27H,5-15H2,1-4H3,(H,25,28)/t16?,17-,18-,19?,23+,24?/m0/s1. The topological polar surface area (TPSA) is 105 Å². The van der Waals surface area contributed by atoms with Crippen molar-refractivity contribution in [3.05, 3.63) is 0 Å².